The van der Waals surface area contributed by atoms with Crippen molar-refractivity contribution in [3.05, 3.63) is 5.21 Å². The molecule has 0 aromatic heterocycles. The lowest BCUT2D eigenvalue weighted by Gasteiger charge is -2.23. The Morgan fingerprint density at radius 3 is 1.41 bits per heavy atom. The van der Waals surface area contributed by atoms with Crippen LogP contribution in [0.1, 0.15) is 77.6 Å². The summed E-state index contributed by atoms with van der Waals surface area (Å²) in [4.78, 5) is -2.13. The van der Waals surface area contributed by atoms with Crippen LogP contribution in [0.2, 0.25) is 0 Å². The van der Waals surface area contributed by atoms with Gasteiger partial charge in [-0.25, -0.2) is 0 Å². The molecule has 0 aliphatic rings. The highest BCUT2D eigenvalue weighted by Crippen LogP contribution is 2.11. The van der Waals surface area contributed by atoms with Crippen molar-refractivity contribution < 1.29 is 15.4 Å². The summed E-state index contributed by atoms with van der Waals surface area (Å²) in [5, 5.41) is 27.4. The fourth-order valence-corrected chi connectivity index (χ4v) is 1.98. The van der Waals surface area contributed by atoms with Crippen molar-refractivity contribution in [2.24, 2.45) is 0 Å². The molecule has 17 heavy (non-hydrogen) atoms. The molecule has 104 valence electrons. The van der Waals surface area contributed by atoms with E-state index < -0.39 is 4.97 Å². The highest BCUT2D eigenvalue weighted by atomic mass is 17.1. The lowest BCUT2D eigenvalue weighted by Crippen LogP contribution is -2.34. The molecule has 0 aromatic rings. The second-order valence-corrected chi connectivity index (χ2v) is 4.92. The maximum atomic E-state index is 10.4. The van der Waals surface area contributed by atoms with Gasteiger partial charge < -0.3 is 5.21 Å². The molecule has 4 heteroatoms. The van der Waals surface area contributed by atoms with Gasteiger partial charge in [-0.15, -0.1) is 0 Å². The average Bonchev–Trinajstić information content (AvgIpc) is 2.24. The largest absolute Gasteiger partial charge is 0.564 e. The Kier molecular flexibility index (Phi) is 10.9. The second kappa shape index (κ2) is 11.0. The number of nitrogens with zero attached hydrogens (tertiary/aromatic N) is 1. The molecule has 0 unspecified atom stereocenters. The number of hydrogen-bond donors (Lipinski definition) is 2. The van der Waals surface area contributed by atoms with Gasteiger partial charge >= 0.3 is 0 Å². The molecule has 0 atom stereocenters. The fraction of sp³-hybridized carbons (Fsp3) is 1.00. The first-order valence-corrected chi connectivity index (χ1v) is 7.11. The van der Waals surface area contributed by atoms with Crippen molar-refractivity contribution in [3.63, 3.8) is 0 Å². The predicted molar refractivity (Wildman–Crippen MR) is 68.5 cm³/mol. The molecule has 0 saturated heterocycles. The van der Waals surface area contributed by atoms with Crippen LogP contribution < -0.4 is 0 Å². The molecule has 0 radical (unpaired) electrons. The van der Waals surface area contributed by atoms with Crippen LogP contribution in [0.4, 0.5) is 0 Å². The average molecular weight is 247 g/mol. The third-order valence-electron chi connectivity index (χ3n) is 3.05. The summed E-state index contributed by atoms with van der Waals surface area (Å²) in [6.07, 6.45) is 13.1. The molecule has 0 saturated carbocycles. The minimum Gasteiger partial charge on any atom is -0.564 e. The first-order valence-electron chi connectivity index (χ1n) is 7.11. The number of hydroxylamine groups is 3. The lowest BCUT2D eigenvalue weighted by molar-refractivity contribution is -1.21. The monoisotopic (exact) mass is 247 g/mol. The lowest BCUT2D eigenvalue weighted by atomic mass is 10.1. The Morgan fingerprint density at radius 1 is 0.706 bits per heavy atom. The Balaban J connectivity index is 2.99. The van der Waals surface area contributed by atoms with Crippen molar-refractivity contribution >= 4 is 0 Å². The van der Waals surface area contributed by atoms with Crippen LogP contribution in [0.15, 0.2) is 0 Å². The van der Waals surface area contributed by atoms with Gasteiger partial charge in [-0.2, -0.15) is 10.4 Å². The summed E-state index contributed by atoms with van der Waals surface area (Å²) in [5.41, 5.74) is 0. The van der Waals surface area contributed by atoms with Crippen LogP contribution in [0, 0.1) is 5.21 Å². The summed E-state index contributed by atoms with van der Waals surface area (Å²) in [7, 11) is 0. The summed E-state index contributed by atoms with van der Waals surface area (Å²) < 4.78 is 0. The molecule has 2 N–H and O–H groups in total. The molecular formula is C13H29NO3. The van der Waals surface area contributed by atoms with Crippen molar-refractivity contribution in [2.45, 2.75) is 77.6 Å². The van der Waals surface area contributed by atoms with E-state index in [1.807, 2.05) is 0 Å². The maximum absolute atomic E-state index is 10.4. The van der Waals surface area contributed by atoms with Crippen LogP contribution in [0.5, 0.6) is 0 Å². The van der Waals surface area contributed by atoms with E-state index in [9.17, 15) is 5.21 Å². The molecular weight excluding hydrogens is 218 g/mol. The Labute approximate surface area is 105 Å². The standard InChI is InChI=1S/C13H29NO3/c1-2-3-4-5-6-7-8-9-10-11-12-13-14(15,16)17/h15-16H,2-13H2,1H3. The molecule has 0 fully saturated rings. The third-order valence-corrected chi connectivity index (χ3v) is 3.05. The van der Waals surface area contributed by atoms with Gasteiger partial charge in [-0.1, -0.05) is 69.7 Å². The molecule has 0 heterocycles. The minimum atomic E-state index is -2.13. The molecule has 0 spiro atoms. The van der Waals surface area contributed by atoms with Crippen molar-refractivity contribution in [3.8, 4) is 0 Å². The highest BCUT2D eigenvalue weighted by Gasteiger charge is 2.06. The van der Waals surface area contributed by atoms with E-state index in [1.54, 1.807) is 0 Å². The van der Waals surface area contributed by atoms with Crippen LogP contribution in [-0.2, 0) is 0 Å². The number of rotatable bonds is 12. The van der Waals surface area contributed by atoms with Crippen molar-refractivity contribution in [1.29, 1.82) is 0 Å². The highest BCUT2D eigenvalue weighted by molar-refractivity contribution is 4.47. The minimum absolute atomic E-state index is 0.114. The summed E-state index contributed by atoms with van der Waals surface area (Å²) in [6, 6.07) is 0. The van der Waals surface area contributed by atoms with Gasteiger partial charge in [-0.05, 0) is 6.42 Å². The zero-order chi connectivity index (χ0) is 13.0. The smallest absolute Gasteiger partial charge is 0.142 e. The first-order chi connectivity index (χ1) is 8.06. The molecule has 0 bridgehead atoms. The molecule has 0 rings (SSSR count). The molecule has 0 aliphatic carbocycles. The second-order valence-electron chi connectivity index (χ2n) is 4.92. The van der Waals surface area contributed by atoms with E-state index in [0.717, 1.165) is 12.8 Å². The van der Waals surface area contributed by atoms with Gasteiger partial charge in [0.15, 0.2) is 0 Å². The normalized spacial score (nSPS) is 12.0. The first kappa shape index (κ1) is 16.8. The SMILES string of the molecule is CCCCCCCCCCCCC[N+]([O-])(O)O. The quantitative estimate of drug-likeness (QED) is 0.305. The number of hydrogen-bond acceptors (Lipinski definition) is 3. The summed E-state index contributed by atoms with van der Waals surface area (Å²) in [5.74, 6) is 0. The van der Waals surface area contributed by atoms with E-state index >= 15 is 0 Å². The van der Waals surface area contributed by atoms with E-state index in [1.165, 1.54) is 51.4 Å². The van der Waals surface area contributed by atoms with Crippen molar-refractivity contribution in [1.82, 2.24) is 0 Å². The van der Waals surface area contributed by atoms with E-state index in [4.69, 9.17) is 10.4 Å². The number of unbranched alkanes of at least 4 members (excludes halogenated alkanes) is 10. The molecule has 0 aromatic carbocycles. The fourth-order valence-electron chi connectivity index (χ4n) is 1.98. The summed E-state index contributed by atoms with van der Waals surface area (Å²) in [6.45, 7) is 2.12. The van der Waals surface area contributed by atoms with Gasteiger partial charge in [0.05, 0.1) is 0 Å². The molecule has 0 amide bonds. The summed E-state index contributed by atoms with van der Waals surface area (Å²) >= 11 is 0. The Hall–Kier alpha value is -0.160. The Morgan fingerprint density at radius 2 is 1.06 bits per heavy atom. The van der Waals surface area contributed by atoms with Crippen LogP contribution in [0.25, 0.3) is 0 Å². The molecule has 0 aliphatic heterocycles. The molecule has 4 nitrogen and oxygen atoms in total. The zero-order valence-corrected chi connectivity index (χ0v) is 11.2. The van der Waals surface area contributed by atoms with E-state index in [2.05, 4.69) is 6.92 Å². The van der Waals surface area contributed by atoms with E-state index in [0.29, 0.717) is 6.42 Å². The van der Waals surface area contributed by atoms with Crippen LogP contribution in [0.3, 0.4) is 0 Å². The van der Waals surface area contributed by atoms with Crippen molar-refractivity contribution in [2.75, 3.05) is 6.54 Å². The van der Waals surface area contributed by atoms with Crippen LogP contribution in [-0.4, -0.2) is 21.9 Å². The Bertz CT molecular complexity index is 157. The maximum Gasteiger partial charge on any atom is 0.142 e. The van der Waals surface area contributed by atoms with Gasteiger partial charge in [-0.3, -0.25) is 0 Å². The predicted octanol–water partition coefficient (Wildman–Crippen LogP) is 4.39. The van der Waals surface area contributed by atoms with E-state index in [-0.39, 0.29) is 6.54 Å². The van der Waals surface area contributed by atoms with Gasteiger partial charge in [0, 0.05) is 6.42 Å². The van der Waals surface area contributed by atoms with Crippen LogP contribution >= 0.6 is 0 Å². The van der Waals surface area contributed by atoms with Gasteiger partial charge in [0.25, 0.3) is 0 Å². The third kappa shape index (κ3) is 15.8. The van der Waals surface area contributed by atoms with Gasteiger partial charge in [0.1, 0.15) is 6.54 Å². The zero-order valence-electron chi connectivity index (χ0n) is 11.2. The topological polar surface area (TPSA) is 63.5 Å². The van der Waals surface area contributed by atoms with Gasteiger partial charge in [0.2, 0.25) is 0 Å². The number of quaternary nitrogens is 1.